The lowest BCUT2D eigenvalue weighted by Crippen LogP contribution is -2.13. The van der Waals surface area contributed by atoms with E-state index in [2.05, 4.69) is 17.6 Å². The summed E-state index contributed by atoms with van der Waals surface area (Å²) in [5.41, 5.74) is 2.06. The second-order valence-corrected chi connectivity index (χ2v) is 5.95. The first-order chi connectivity index (χ1) is 10.6. The van der Waals surface area contributed by atoms with Gasteiger partial charge in [-0.3, -0.25) is 9.59 Å². The van der Waals surface area contributed by atoms with Crippen molar-refractivity contribution >= 4 is 35.0 Å². The number of hydrogen-bond donors (Lipinski definition) is 2. The van der Waals surface area contributed by atoms with Gasteiger partial charge >= 0.3 is 0 Å². The van der Waals surface area contributed by atoms with Gasteiger partial charge in [-0.15, -0.1) is 11.8 Å². The van der Waals surface area contributed by atoms with Crippen LogP contribution in [-0.2, 0) is 4.79 Å². The van der Waals surface area contributed by atoms with Crippen molar-refractivity contribution in [2.24, 2.45) is 0 Å². The zero-order valence-electron chi connectivity index (χ0n) is 12.6. The summed E-state index contributed by atoms with van der Waals surface area (Å²) in [6, 6.07) is 14.6. The van der Waals surface area contributed by atoms with Gasteiger partial charge in [0.2, 0.25) is 5.91 Å². The van der Waals surface area contributed by atoms with E-state index in [9.17, 15) is 9.59 Å². The lowest BCUT2D eigenvalue weighted by molar-refractivity contribution is -0.114. The predicted molar refractivity (Wildman–Crippen MR) is 91.5 cm³/mol. The SMILES string of the molecule is CCSc1ccccc1C(=O)Nc1ccc(NC(C)=O)cc1. The van der Waals surface area contributed by atoms with Crippen LogP contribution in [-0.4, -0.2) is 17.6 Å². The molecule has 0 saturated heterocycles. The highest BCUT2D eigenvalue weighted by atomic mass is 32.2. The Morgan fingerprint density at radius 2 is 1.55 bits per heavy atom. The fraction of sp³-hybridized carbons (Fsp3) is 0.176. The van der Waals surface area contributed by atoms with E-state index in [1.54, 1.807) is 36.0 Å². The molecule has 2 amide bonds. The number of nitrogens with one attached hydrogen (secondary N) is 2. The molecule has 2 rings (SSSR count). The number of carbonyl (C=O) groups is 2. The third-order valence-electron chi connectivity index (χ3n) is 2.89. The van der Waals surface area contributed by atoms with Crippen LogP contribution in [0, 0.1) is 0 Å². The fourth-order valence-corrected chi connectivity index (χ4v) is 2.78. The Morgan fingerprint density at radius 1 is 0.955 bits per heavy atom. The molecule has 0 unspecified atom stereocenters. The van der Waals surface area contributed by atoms with Crippen molar-refractivity contribution in [3.63, 3.8) is 0 Å². The summed E-state index contributed by atoms with van der Waals surface area (Å²) in [6.45, 7) is 3.51. The lowest BCUT2D eigenvalue weighted by Gasteiger charge is -2.10. The van der Waals surface area contributed by atoms with Gasteiger partial charge in [-0.2, -0.15) is 0 Å². The highest BCUT2D eigenvalue weighted by molar-refractivity contribution is 7.99. The second kappa shape index (κ2) is 7.66. The first-order valence-electron chi connectivity index (χ1n) is 7.01. The average Bonchev–Trinajstić information content (AvgIpc) is 2.49. The summed E-state index contributed by atoms with van der Waals surface area (Å²) < 4.78 is 0. The predicted octanol–water partition coefficient (Wildman–Crippen LogP) is 4.01. The molecular weight excluding hydrogens is 296 g/mol. The summed E-state index contributed by atoms with van der Waals surface area (Å²) in [6.07, 6.45) is 0. The van der Waals surface area contributed by atoms with Crippen molar-refractivity contribution in [3.05, 3.63) is 54.1 Å². The molecule has 4 nitrogen and oxygen atoms in total. The van der Waals surface area contributed by atoms with Gasteiger partial charge in [0.1, 0.15) is 0 Å². The van der Waals surface area contributed by atoms with E-state index in [4.69, 9.17) is 0 Å². The molecule has 0 heterocycles. The Hall–Kier alpha value is -2.27. The van der Waals surface area contributed by atoms with Crippen molar-refractivity contribution in [2.45, 2.75) is 18.7 Å². The molecule has 0 saturated carbocycles. The summed E-state index contributed by atoms with van der Waals surface area (Å²) >= 11 is 1.64. The molecule has 0 aliphatic rings. The highest BCUT2D eigenvalue weighted by Gasteiger charge is 2.11. The standard InChI is InChI=1S/C17H18N2O2S/c1-3-22-16-7-5-4-6-15(16)17(21)19-14-10-8-13(9-11-14)18-12(2)20/h4-11H,3H2,1-2H3,(H,18,20)(H,19,21). The van der Waals surface area contributed by atoms with Crippen LogP contribution in [0.25, 0.3) is 0 Å². The zero-order valence-corrected chi connectivity index (χ0v) is 13.4. The number of hydrogen-bond acceptors (Lipinski definition) is 3. The van der Waals surface area contributed by atoms with Gasteiger partial charge < -0.3 is 10.6 Å². The molecule has 0 aromatic heterocycles. The number of benzene rings is 2. The smallest absolute Gasteiger partial charge is 0.256 e. The van der Waals surface area contributed by atoms with Crippen LogP contribution in [0.15, 0.2) is 53.4 Å². The number of rotatable bonds is 5. The minimum absolute atomic E-state index is 0.123. The minimum Gasteiger partial charge on any atom is -0.326 e. The van der Waals surface area contributed by atoms with E-state index in [1.165, 1.54) is 6.92 Å². The summed E-state index contributed by atoms with van der Waals surface area (Å²) in [5.74, 6) is 0.654. The zero-order chi connectivity index (χ0) is 15.9. The Kier molecular flexibility index (Phi) is 5.61. The van der Waals surface area contributed by atoms with Gasteiger partial charge in [-0.1, -0.05) is 19.1 Å². The summed E-state index contributed by atoms with van der Waals surface area (Å²) in [5, 5.41) is 5.56. The Morgan fingerprint density at radius 3 is 2.14 bits per heavy atom. The summed E-state index contributed by atoms with van der Waals surface area (Å²) in [4.78, 5) is 24.3. The topological polar surface area (TPSA) is 58.2 Å². The molecule has 22 heavy (non-hydrogen) atoms. The largest absolute Gasteiger partial charge is 0.326 e. The molecule has 2 N–H and O–H groups in total. The highest BCUT2D eigenvalue weighted by Crippen LogP contribution is 2.23. The van der Waals surface area contributed by atoms with Gasteiger partial charge in [-0.25, -0.2) is 0 Å². The van der Waals surface area contributed by atoms with E-state index in [0.717, 1.165) is 10.6 Å². The van der Waals surface area contributed by atoms with Gasteiger partial charge in [0.15, 0.2) is 0 Å². The molecule has 0 radical (unpaired) electrons. The Bertz CT molecular complexity index is 669. The average molecular weight is 314 g/mol. The van der Waals surface area contributed by atoms with E-state index in [1.807, 2.05) is 24.3 Å². The van der Waals surface area contributed by atoms with E-state index in [0.29, 0.717) is 16.9 Å². The molecule has 0 spiro atoms. The van der Waals surface area contributed by atoms with E-state index >= 15 is 0 Å². The summed E-state index contributed by atoms with van der Waals surface area (Å²) in [7, 11) is 0. The lowest BCUT2D eigenvalue weighted by atomic mass is 10.2. The molecular formula is C17H18N2O2S. The number of thioether (sulfide) groups is 1. The molecule has 2 aromatic carbocycles. The van der Waals surface area contributed by atoms with Gasteiger partial charge in [0, 0.05) is 23.2 Å². The Balaban J connectivity index is 2.10. The van der Waals surface area contributed by atoms with Crippen molar-refractivity contribution in [2.75, 3.05) is 16.4 Å². The van der Waals surface area contributed by atoms with Crippen LogP contribution < -0.4 is 10.6 Å². The third-order valence-corrected chi connectivity index (χ3v) is 3.85. The second-order valence-electron chi connectivity index (χ2n) is 4.64. The monoisotopic (exact) mass is 314 g/mol. The molecule has 114 valence electrons. The van der Waals surface area contributed by atoms with Gasteiger partial charge in [0.05, 0.1) is 5.56 Å². The Labute approximate surface area is 134 Å². The van der Waals surface area contributed by atoms with Crippen molar-refractivity contribution in [3.8, 4) is 0 Å². The molecule has 0 bridgehead atoms. The van der Waals surface area contributed by atoms with Crippen molar-refractivity contribution < 1.29 is 9.59 Å². The van der Waals surface area contributed by atoms with E-state index in [-0.39, 0.29) is 11.8 Å². The van der Waals surface area contributed by atoms with Gasteiger partial charge in [0.25, 0.3) is 5.91 Å². The number of amides is 2. The van der Waals surface area contributed by atoms with Crippen LogP contribution in [0.5, 0.6) is 0 Å². The van der Waals surface area contributed by atoms with Crippen molar-refractivity contribution in [1.29, 1.82) is 0 Å². The maximum absolute atomic E-state index is 12.4. The molecule has 0 atom stereocenters. The number of carbonyl (C=O) groups excluding carboxylic acids is 2. The van der Waals surface area contributed by atoms with Crippen LogP contribution >= 0.6 is 11.8 Å². The van der Waals surface area contributed by atoms with Crippen LogP contribution in [0.2, 0.25) is 0 Å². The quantitative estimate of drug-likeness (QED) is 0.820. The molecule has 0 aliphatic heterocycles. The first-order valence-corrected chi connectivity index (χ1v) is 7.99. The van der Waals surface area contributed by atoms with Crippen LogP contribution in [0.1, 0.15) is 24.2 Å². The van der Waals surface area contributed by atoms with Crippen LogP contribution in [0.3, 0.4) is 0 Å². The minimum atomic E-state index is -0.135. The normalized spacial score (nSPS) is 10.1. The van der Waals surface area contributed by atoms with Crippen LogP contribution in [0.4, 0.5) is 11.4 Å². The first kappa shape index (κ1) is 16.1. The number of anilines is 2. The fourth-order valence-electron chi connectivity index (χ4n) is 1.97. The maximum Gasteiger partial charge on any atom is 0.256 e. The third kappa shape index (κ3) is 4.36. The molecule has 5 heteroatoms. The molecule has 2 aromatic rings. The van der Waals surface area contributed by atoms with E-state index < -0.39 is 0 Å². The maximum atomic E-state index is 12.4. The van der Waals surface area contributed by atoms with Gasteiger partial charge in [-0.05, 0) is 42.2 Å². The van der Waals surface area contributed by atoms with Crippen molar-refractivity contribution in [1.82, 2.24) is 0 Å². The molecule has 0 aliphatic carbocycles. The molecule has 0 fully saturated rings.